The summed E-state index contributed by atoms with van der Waals surface area (Å²) in [5.74, 6) is 0.142. The van der Waals surface area contributed by atoms with E-state index < -0.39 is 21.7 Å². The number of carbonyl (C=O) groups excluding carboxylic acids is 2. The molecule has 1 fully saturated rings. The lowest BCUT2D eigenvalue weighted by Crippen LogP contribution is -2.51. The Morgan fingerprint density at radius 3 is 2.55 bits per heavy atom. The van der Waals surface area contributed by atoms with E-state index in [4.69, 9.17) is 10.5 Å². The van der Waals surface area contributed by atoms with Crippen molar-refractivity contribution in [2.75, 3.05) is 39.3 Å². The van der Waals surface area contributed by atoms with E-state index >= 15 is 0 Å². The maximum Gasteiger partial charge on any atom is 0.407 e. The second-order valence-electron chi connectivity index (χ2n) is 12.2. The van der Waals surface area contributed by atoms with Crippen LogP contribution in [0.2, 0.25) is 0 Å². The first kappa shape index (κ1) is 33.2. The fourth-order valence-corrected chi connectivity index (χ4v) is 6.73. The molecule has 0 bridgehead atoms. The number of hydrogen-bond acceptors (Lipinski definition) is 8. The molecular weight excluding hydrogens is 582 g/mol. The van der Waals surface area contributed by atoms with Gasteiger partial charge in [-0.05, 0) is 69.0 Å². The number of aliphatic hydroxyl groups is 1. The number of rotatable bonds is 11. The highest BCUT2D eigenvalue weighted by Gasteiger charge is 2.36. The van der Waals surface area contributed by atoms with Gasteiger partial charge >= 0.3 is 6.09 Å². The fourth-order valence-electron chi connectivity index (χ4n) is 5.09. The van der Waals surface area contributed by atoms with Crippen molar-refractivity contribution in [3.8, 4) is 11.1 Å². The maximum atomic E-state index is 13.6. The highest BCUT2D eigenvalue weighted by Crippen LogP contribution is 2.34. The minimum absolute atomic E-state index is 0.0269. The molecular formula is C32H43N5O6S. The number of alkyl carbamates (subject to hydrolysis) is 1. The zero-order valence-electron chi connectivity index (χ0n) is 25.9. The molecule has 0 radical (unpaired) electrons. The number of sulfonamides is 1. The number of carbonyl (C=O) groups is 2. The molecule has 0 atom stereocenters. The average molecular weight is 626 g/mol. The van der Waals surface area contributed by atoms with Crippen LogP contribution in [0.15, 0.2) is 57.9 Å². The number of fused-ring (bicyclic) bond motifs is 1. The highest BCUT2D eigenvalue weighted by molar-refractivity contribution is 7.89. The molecule has 0 aliphatic carbocycles. The zero-order valence-corrected chi connectivity index (χ0v) is 26.7. The molecule has 0 saturated carbocycles. The monoisotopic (exact) mass is 625 g/mol. The van der Waals surface area contributed by atoms with Crippen molar-refractivity contribution in [1.82, 2.24) is 14.5 Å². The molecule has 0 aromatic heterocycles. The van der Waals surface area contributed by atoms with Crippen LogP contribution in [-0.2, 0) is 19.6 Å². The summed E-state index contributed by atoms with van der Waals surface area (Å²) < 4.78 is 32.8. The number of nitrogens with two attached hydrogens (primary N) is 1. The number of aliphatic hydroxyl groups excluding tert-OH is 1. The summed E-state index contributed by atoms with van der Waals surface area (Å²) in [6.07, 6.45) is 2.86. The van der Waals surface area contributed by atoms with Gasteiger partial charge in [0.05, 0.1) is 10.6 Å². The second-order valence-corrected chi connectivity index (χ2v) is 14.1. The number of amides is 2. The van der Waals surface area contributed by atoms with Crippen LogP contribution in [0.4, 0.5) is 10.5 Å². The molecule has 11 nitrogen and oxygen atoms in total. The molecule has 4 N–H and O–H groups in total. The van der Waals surface area contributed by atoms with Gasteiger partial charge in [-0.3, -0.25) is 4.79 Å². The van der Waals surface area contributed by atoms with Crippen molar-refractivity contribution in [3.63, 3.8) is 0 Å². The first-order valence-electron chi connectivity index (χ1n) is 15.0. The highest BCUT2D eigenvalue weighted by atomic mass is 32.2. The van der Waals surface area contributed by atoms with Gasteiger partial charge in [0.25, 0.3) is 0 Å². The summed E-state index contributed by atoms with van der Waals surface area (Å²) >= 11 is 0. The van der Waals surface area contributed by atoms with Gasteiger partial charge in [-0.15, -0.1) is 0 Å². The Morgan fingerprint density at radius 2 is 1.86 bits per heavy atom. The van der Waals surface area contributed by atoms with Crippen molar-refractivity contribution in [2.24, 2.45) is 16.6 Å². The summed E-state index contributed by atoms with van der Waals surface area (Å²) in [4.78, 5) is 32.1. The van der Waals surface area contributed by atoms with Gasteiger partial charge in [0.15, 0.2) is 0 Å². The Hall–Kier alpha value is -3.74. The van der Waals surface area contributed by atoms with Crippen molar-refractivity contribution >= 4 is 39.6 Å². The summed E-state index contributed by atoms with van der Waals surface area (Å²) in [5, 5.41) is 12.0. The Morgan fingerprint density at radius 1 is 1.14 bits per heavy atom. The lowest BCUT2D eigenvalue weighted by molar-refractivity contribution is -0.127. The van der Waals surface area contributed by atoms with E-state index in [1.807, 2.05) is 37.3 Å². The minimum Gasteiger partial charge on any atom is -0.444 e. The Kier molecular flexibility index (Phi) is 10.5. The predicted molar refractivity (Wildman–Crippen MR) is 171 cm³/mol. The van der Waals surface area contributed by atoms with Crippen LogP contribution in [0, 0.1) is 5.92 Å². The molecule has 4 rings (SSSR count). The number of aliphatic imine (C=N–C) groups is 1. The van der Waals surface area contributed by atoms with E-state index in [0.29, 0.717) is 61.8 Å². The Labute approximate surface area is 259 Å². The van der Waals surface area contributed by atoms with E-state index in [1.54, 1.807) is 43.9 Å². The van der Waals surface area contributed by atoms with Crippen LogP contribution < -0.4 is 11.1 Å². The van der Waals surface area contributed by atoms with Crippen LogP contribution in [0.1, 0.15) is 52.5 Å². The molecule has 2 aromatic rings. The third kappa shape index (κ3) is 8.25. The number of benzene rings is 2. The molecule has 0 unspecified atom stereocenters. The van der Waals surface area contributed by atoms with Gasteiger partial charge in [0, 0.05) is 62.8 Å². The van der Waals surface area contributed by atoms with Crippen molar-refractivity contribution in [1.29, 1.82) is 0 Å². The van der Waals surface area contributed by atoms with E-state index in [-0.39, 0.29) is 29.7 Å². The van der Waals surface area contributed by atoms with Gasteiger partial charge in [0.1, 0.15) is 11.4 Å². The van der Waals surface area contributed by atoms with Crippen LogP contribution in [0.3, 0.4) is 0 Å². The zero-order chi connectivity index (χ0) is 32.1. The van der Waals surface area contributed by atoms with E-state index in [0.717, 1.165) is 17.5 Å². The Bertz CT molecular complexity index is 1540. The first-order valence-corrected chi connectivity index (χ1v) is 16.4. The number of ether oxygens (including phenoxy) is 1. The molecule has 238 valence electrons. The van der Waals surface area contributed by atoms with Gasteiger partial charge in [-0.25, -0.2) is 18.2 Å². The molecule has 2 amide bonds. The molecule has 44 heavy (non-hydrogen) atoms. The van der Waals surface area contributed by atoms with E-state index in [1.165, 1.54) is 4.31 Å². The number of nitrogens with zero attached hydrogens (tertiary/aromatic N) is 3. The molecule has 1 saturated heterocycles. The summed E-state index contributed by atoms with van der Waals surface area (Å²) in [5.41, 5.74) is 9.02. The Balaban J connectivity index is 1.49. The number of amidine groups is 1. The average Bonchev–Trinajstić information content (AvgIpc) is 3.10. The number of nitrogens with one attached hydrogen (secondary N) is 1. The smallest absolute Gasteiger partial charge is 0.407 e. The molecule has 2 aliphatic heterocycles. The third-order valence-electron chi connectivity index (χ3n) is 7.31. The molecule has 2 aromatic carbocycles. The summed E-state index contributed by atoms with van der Waals surface area (Å²) in [7, 11) is -3.66. The number of hydrogen-bond donors (Lipinski definition) is 3. The van der Waals surface area contributed by atoms with Crippen LogP contribution in [0.5, 0.6) is 0 Å². The van der Waals surface area contributed by atoms with Gasteiger partial charge in [0.2, 0.25) is 15.9 Å². The predicted octanol–water partition coefficient (Wildman–Crippen LogP) is 3.90. The normalized spacial score (nSPS) is 15.8. The van der Waals surface area contributed by atoms with Crippen molar-refractivity contribution < 1.29 is 27.9 Å². The largest absolute Gasteiger partial charge is 0.444 e. The fraction of sp³-hybridized carbons (Fsp3) is 0.469. The lowest BCUT2D eigenvalue weighted by atomic mass is 10.0. The molecule has 12 heteroatoms. The lowest BCUT2D eigenvalue weighted by Gasteiger charge is -2.36. The van der Waals surface area contributed by atoms with Gasteiger partial charge < -0.3 is 25.8 Å². The third-order valence-corrected chi connectivity index (χ3v) is 9.14. The van der Waals surface area contributed by atoms with Gasteiger partial charge in [-0.2, -0.15) is 4.31 Å². The SMILES string of the molecule is CCCN(CCCNC(=O)OC(C)(C)C)C(=O)C1=Cc2ccc(-c3cccc(S(=O)(=O)N4CC(CO)C4)c3)cc2N=C(N)C1. The summed E-state index contributed by atoms with van der Waals surface area (Å²) in [6, 6.07) is 12.3. The van der Waals surface area contributed by atoms with Crippen molar-refractivity contribution in [2.45, 2.75) is 57.5 Å². The quantitative estimate of drug-likeness (QED) is 0.320. The van der Waals surface area contributed by atoms with E-state index in [2.05, 4.69) is 10.3 Å². The standard InChI is InChI=1S/C32H43N5O6S/c1-5-13-36(14-7-12-34-31(40)43-32(2,3)4)30(39)26-15-25-11-10-24(17-28(25)35-29(33)18-26)23-8-6-9-27(16-23)44(41,42)37-19-22(20-37)21-38/h6,8-11,15-17,22,38H,5,7,12-14,18-21H2,1-4H3,(H2,33,35)(H,34,40). The van der Waals surface area contributed by atoms with E-state index in [9.17, 15) is 23.1 Å². The maximum absolute atomic E-state index is 13.6. The molecule has 0 spiro atoms. The second kappa shape index (κ2) is 13.9. The summed E-state index contributed by atoms with van der Waals surface area (Å²) in [6.45, 7) is 9.39. The topological polar surface area (TPSA) is 155 Å². The van der Waals surface area contributed by atoms with Gasteiger partial charge in [-0.1, -0.05) is 31.2 Å². The molecule has 2 heterocycles. The van der Waals surface area contributed by atoms with Crippen molar-refractivity contribution in [3.05, 3.63) is 53.6 Å². The first-order chi connectivity index (χ1) is 20.8. The van der Waals surface area contributed by atoms with Crippen LogP contribution >= 0.6 is 0 Å². The minimum atomic E-state index is -3.66. The van der Waals surface area contributed by atoms with Crippen LogP contribution in [-0.4, -0.2) is 85.5 Å². The molecule has 2 aliphatic rings. The van der Waals surface area contributed by atoms with Crippen LogP contribution in [0.25, 0.3) is 17.2 Å².